The molecule has 16 heavy (non-hydrogen) atoms. The highest BCUT2D eigenvalue weighted by molar-refractivity contribution is 5.82. The van der Waals surface area contributed by atoms with Gasteiger partial charge >= 0.3 is 0 Å². The first-order valence-electron chi connectivity index (χ1n) is 5.64. The lowest BCUT2D eigenvalue weighted by molar-refractivity contribution is 1.04. The standard InChI is InChI=1S/C14H12N2/c1-2-6-10(7-3-1)13-14-15-11-8-4-5-9-12(11)16(13)14/h1-9,13-15H. The van der Waals surface area contributed by atoms with Gasteiger partial charge in [-0.3, -0.25) is 0 Å². The summed E-state index contributed by atoms with van der Waals surface area (Å²) in [6, 6.07) is 19.7. The first-order chi connectivity index (χ1) is 7.95. The molecular weight excluding hydrogens is 196 g/mol. The first-order valence-corrected chi connectivity index (χ1v) is 5.64. The Kier molecular flexibility index (Phi) is 1.43. The van der Waals surface area contributed by atoms with Gasteiger partial charge in [-0.2, -0.15) is 0 Å². The van der Waals surface area contributed by atoms with Crippen molar-refractivity contribution in [3.8, 4) is 0 Å². The predicted molar refractivity (Wildman–Crippen MR) is 65.5 cm³/mol. The number of hydrogen-bond acceptors (Lipinski definition) is 2. The van der Waals surface area contributed by atoms with Gasteiger partial charge in [0.05, 0.1) is 17.4 Å². The van der Waals surface area contributed by atoms with E-state index in [1.54, 1.807) is 0 Å². The molecule has 0 aromatic heterocycles. The SMILES string of the molecule is c1ccc(C2C3Nc4ccccc4N32)cc1. The molecule has 0 amide bonds. The Bertz CT molecular complexity index is 531. The van der Waals surface area contributed by atoms with E-state index in [0.717, 1.165) is 0 Å². The lowest BCUT2D eigenvalue weighted by Crippen LogP contribution is -2.01. The summed E-state index contributed by atoms with van der Waals surface area (Å²) in [5, 5.41) is 3.55. The fourth-order valence-corrected chi connectivity index (χ4v) is 2.65. The van der Waals surface area contributed by atoms with Crippen molar-refractivity contribution in [1.29, 1.82) is 0 Å². The number of benzene rings is 2. The quantitative estimate of drug-likeness (QED) is 0.725. The third-order valence-corrected chi connectivity index (χ3v) is 3.44. The van der Waals surface area contributed by atoms with Crippen molar-refractivity contribution in [3.05, 3.63) is 60.2 Å². The van der Waals surface area contributed by atoms with Crippen LogP contribution in [0, 0.1) is 0 Å². The third kappa shape index (κ3) is 0.963. The largest absolute Gasteiger partial charge is 0.362 e. The molecule has 0 aliphatic carbocycles. The molecule has 0 spiro atoms. The Labute approximate surface area is 94.5 Å². The fourth-order valence-electron chi connectivity index (χ4n) is 2.65. The molecule has 1 N–H and O–H groups in total. The zero-order valence-corrected chi connectivity index (χ0v) is 8.80. The third-order valence-electron chi connectivity index (χ3n) is 3.44. The summed E-state index contributed by atoms with van der Waals surface area (Å²) in [5.74, 6) is 0. The van der Waals surface area contributed by atoms with E-state index in [9.17, 15) is 0 Å². The summed E-state index contributed by atoms with van der Waals surface area (Å²) < 4.78 is 0. The number of fused-ring (bicyclic) bond motifs is 3. The second-order valence-electron chi connectivity index (χ2n) is 4.37. The van der Waals surface area contributed by atoms with Gasteiger partial charge in [0.25, 0.3) is 0 Å². The Morgan fingerprint density at radius 3 is 2.50 bits per heavy atom. The van der Waals surface area contributed by atoms with Crippen molar-refractivity contribution in [1.82, 2.24) is 0 Å². The van der Waals surface area contributed by atoms with E-state index in [4.69, 9.17) is 0 Å². The number of para-hydroxylation sites is 2. The van der Waals surface area contributed by atoms with Crippen LogP contribution in [0.3, 0.4) is 0 Å². The molecule has 2 heterocycles. The minimum atomic E-state index is 0.472. The van der Waals surface area contributed by atoms with Gasteiger partial charge in [0.2, 0.25) is 0 Å². The summed E-state index contributed by atoms with van der Waals surface area (Å²) in [5.41, 5.74) is 4.00. The topological polar surface area (TPSA) is 15.0 Å². The van der Waals surface area contributed by atoms with Crippen LogP contribution in [0.2, 0.25) is 0 Å². The molecule has 2 aromatic carbocycles. The van der Waals surface area contributed by atoms with Crippen LogP contribution in [0.1, 0.15) is 11.6 Å². The number of hydrogen-bond donors (Lipinski definition) is 1. The van der Waals surface area contributed by atoms with Crippen LogP contribution in [0.25, 0.3) is 0 Å². The molecule has 2 atom stereocenters. The van der Waals surface area contributed by atoms with Gasteiger partial charge in [-0.1, -0.05) is 42.5 Å². The van der Waals surface area contributed by atoms with Crippen molar-refractivity contribution in [2.45, 2.75) is 12.2 Å². The van der Waals surface area contributed by atoms with Crippen molar-refractivity contribution >= 4 is 11.4 Å². The van der Waals surface area contributed by atoms with E-state index < -0.39 is 0 Å². The zero-order chi connectivity index (χ0) is 10.5. The number of nitrogens with zero attached hydrogens (tertiary/aromatic N) is 1. The van der Waals surface area contributed by atoms with Gasteiger partial charge in [0, 0.05) is 0 Å². The molecule has 2 heteroatoms. The molecule has 4 rings (SSSR count). The minimum Gasteiger partial charge on any atom is -0.362 e. The molecule has 0 saturated carbocycles. The fraction of sp³-hybridized carbons (Fsp3) is 0.143. The monoisotopic (exact) mass is 208 g/mol. The maximum Gasteiger partial charge on any atom is 0.125 e. The Morgan fingerprint density at radius 2 is 1.62 bits per heavy atom. The smallest absolute Gasteiger partial charge is 0.125 e. The molecular formula is C14H12N2. The summed E-state index contributed by atoms with van der Waals surface area (Å²) in [6.45, 7) is 0. The molecule has 78 valence electrons. The van der Waals surface area contributed by atoms with Gasteiger partial charge in [0.1, 0.15) is 6.17 Å². The molecule has 2 unspecified atom stereocenters. The number of rotatable bonds is 1. The normalized spacial score (nSPS) is 24.6. The highest BCUT2D eigenvalue weighted by atomic mass is 15.5. The van der Waals surface area contributed by atoms with Crippen molar-refractivity contribution in [2.75, 3.05) is 10.2 Å². The molecule has 2 nitrogen and oxygen atoms in total. The van der Waals surface area contributed by atoms with Gasteiger partial charge < -0.3 is 10.2 Å². The summed E-state index contributed by atoms with van der Waals surface area (Å²) in [7, 11) is 0. The molecule has 0 bridgehead atoms. The van der Waals surface area contributed by atoms with Crippen LogP contribution >= 0.6 is 0 Å². The molecule has 2 aromatic rings. The van der Waals surface area contributed by atoms with Crippen LogP contribution in [-0.2, 0) is 0 Å². The van der Waals surface area contributed by atoms with E-state index in [2.05, 4.69) is 64.8 Å². The molecule has 2 aliphatic rings. The van der Waals surface area contributed by atoms with E-state index in [1.807, 2.05) is 0 Å². The van der Waals surface area contributed by atoms with Crippen LogP contribution in [0.15, 0.2) is 54.6 Å². The van der Waals surface area contributed by atoms with Crippen molar-refractivity contribution in [2.24, 2.45) is 0 Å². The maximum absolute atomic E-state index is 3.55. The van der Waals surface area contributed by atoms with Gasteiger partial charge in [0.15, 0.2) is 0 Å². The van der Waals surface area contributed by atoms with Gasteiger partial charge in [-0.25, -0.2) is 0 Å². The summed E-state index contributed by atoms with van der Waals surface area (Å²) in [6.07, 6.45) is 0.472. The highest BCUT2D eigenvalue weighted by Crippen LogP contribution is 2.54. The van der Waals surface area contributed by atoms with E-state index in [1.165, 1.54) is 16.9 Å². The van der Waals surface area contributed by atoms with Crippen LogP contribution in [0.5, 0.6) is 0 Å². The predicted octanol–water partition coefficient (Wildman–Crippen LogP) is 3.00. The zero-order valence-electron chi connectivity index (χ0n) is 8.80. The number of anilines is 2. The lowest BCUT2D eigenvalue weighted by atomic mass is 10.1. The summed E-state index contributed by atoms with van der Waals surface area (Å²) in [4.78, 5) is 2.44. The van der Waals surface area contributed by atoms with Crippen molar-refractivity contribution < 1.29 is 0 Å². The van der Waals surface area contributed by atoms with E-state index in [0.29, 0.717) is 12.2 Å². The maximum atomic E-state index is 3.55. The highest BCUT2D eigenvalue weighted by Gasteiger charge is 2.53. The van der Waals surface area contributed by atoms with Gasteiger partial charge in [-0.05, 0) is 17.7 Å². The second-order valence-corrected chi connectivity index (χ2v) is 4.37. The first kappa shape index (κ1) is 8.22. The van der Waals surface area contributed by atoms with Crippen LogP contribution in [0.4, 0.5) is 11.4 Å². The lowest BCUT2D eigenvalue weighted by Gasteiger charge is -2.07. The Balaban J connectivity index is 1.72. The Hall–Kier alpha value is -1.96. The molecule has 1 saturated heterocycles. The summed E-state index contributed by atoms with van der Waals surface area (Å²) >= 11 is 0. The molecule has 1 fully saturated rings. The van der Waals surface area contributed by atoms with Crippen LogP contribution in [-0.4, -0.2) is 6.17 Å². The average Bonchev–Trinajstić information content (AvgIpc) is 2.94. The number of nitrogens with one attached hydrogen (secondary N) is 1. The Morgan fingerprint density at radius 1 is 0.875 bits per heavy atom. The second kappa shape index (κ2) is 2.79. The van der Waals surface area contributed by atoms with Gasteiger partial charge in [-0.15, -0.1) is 0 Å². The average molecular weight is 208 g/mol. The molecule has 2 aliphatic heterocycles. The van der Waals surface area contributed by atoms with Crippen LogP contribution < -0.4 is 10.2 Å². The minimum absolute atomic E-state index is 0.472. The molecule has 0 radical (unpaired) electrons. The van der Waals surface area contributed by atoms with Crippen molar-refractivity contribution in [3.63, 3.8) is 0 Å². The van der Waals surface area contributed by atoms with E-state index in [-0.39, 0.29) is 0 Å². The van der Waals surface area contributed by atoms with E-state index >= 15 is 0 Å².